The molecule has 1 aromatic rings. The lowest BCUT2D eigenvalue weighted by Gasteiger charge is -2.14. The topological polar surface area (TPSA) is 60.1 Å². The van der Waals surface area contributed by atoms with Crippen molar-refractivity contribution in [1.82, 2.24) is 4.57 Å². The molecule has 0 saturated carbocycles. The molecule has 1 aliphatic rings. The predicted molar refractivity (Wildman–Crippen MR) is 65.8 cm³/mol. The third-order valence-corrected chi connectivity index (χ3v) is 3.02. The number of rotatable bonds is 3. The van der Waals surface area contributed by atoms with E-state index in [-0.39, 0.29) is 5.56 Å². The van der Waals surface area contributed by atoms with Gasteiger partial charge in [-0.05, 0) is 43.9 Å². The fourth-order valence-electron chi connectivity index (χ4n) is 2.15. The Bertz CT molecular complexity index is 411. The summed E-state index contributed by atoms with van der Waals surface area (Å²) < 4.78 is 1.86. The molecule has 88 valence electrons. The molecular formula is C12H19N3O. The molecule has 4 heteroatoms. The van der Waals surface area contributed by atoms with Gasteiger partial charge in [-0.3, -0.25) is 9.36 Å². The Morgan fingerprint density at radius 1 is 1.38 bits per heavy atom. The van der Waals surface area contributed by atoms with Crippen LogP contribution in [0, 0.1) is 0 Å². The Morgan fingerprint density at radius 3 is 3.06 bits per heavy atom. The largest absolute Gasteiger partial charge is 0.371 e. The minimum absolute atomic E-state index is 0.0981. The number of pyridine rings is 1. The summed E-state index contributed by atoms with van der Waals surface area (Å²) in [6.45, 7) is 2.48. The molecule has 0 fully saturated rings. The smallest absolute Gasteiger partial charge is 0.252 e. The Morgan fingerprint density at radius 2 is 2.25 bits per heavy atom. The quantitative estimate of drug-likeness (QED) is 0.798. The third kappa shape index (κ3) is 2.27. The van der Waals surface area contributed by atoms with Crippen molar-refractivity contribution >= 4 is 5.82 Å². The number of fused-ring (bicyclic) bond motifs is 1. The second-order valence-corrected chi connectivity index (χ2v) is 4.22. The van der Waals surface area contributed by atoms with E-state index < -0.39 is 0 Å². The van der Waals surface area contributed by atoms with Gasteiger partial charge < -0.3 is 11.1 Å². The molecule has 0 atom stereocenters. The Hall–Kier alpha value is -1.29. The van der Waals surface area contributed by atoms with Crippen LogP contribution in [0.15, 0.2) is 16.9 Å². The summed E-state index contributed by atoms with van der Waals surface area (Å²) in [5.74, 6) is 1.01. The lowest BCUT2D eigenvalue weighted by atomic mass is 10.1. The highest BCUT2D eigenvalue weighted by atomic mass is 16.1. The van der Waals surface area contributed by atoms with Crippen LogP contribution < -0.4 is 16.6 Å². The SMILES string of the molecule is NCCCc1ccc(=O)n2c1NCCCC2. The van der Waals surface area contributed by atoms with Crippen LogP contribution >= 0.6 is 0 Å². The maximum absolute atomic E-state index is 11.7. The molecule has 16 heavy (non-hydrogen) atoms. The molecule has 0 aromatic carbocycles. The molecular weight excluding hydrogens is 202 g/mol. The molecule has 1 aliphatic heterocycles. The molecule has 0 amide bonds. The number of aromatic nitrogens is 1. The summed E-state index contributed by atoms with van der Waals surface area (Å²) in [5, 5.41) is 3.37. The highest BCUT2D eigenvalue weighted by Gasteiger charge is 2.11. The average Bonchev–Trinajstić information content (AvgIpc) is 2.54. The first-order valence-corrected chi connectivity index (χ1v) is 5.99. The molecule has 0 unspecified atom stereocenters. The van der Waals surface area contributed by atoms with E-state index >= 15 is 0 Å². The van der Waals surface area contributed by atoms with Crippen LogP contribution in [0.25, 0.3) is 0 Å². The van der Waals surface area contributed by atoms with Gasteiger partial charge in [0.25, 0.3) is 5.56 Å². The van der Waals surface area contributed by atoms with Gasteiger partial charge in [-0.2, -0.15) is 0 Å². The van der Waals surface area contributed by atoms with Gasteiger partial charge in [0, 0.05) is 19.2 Å². The van der Waals surface area contributed by atoms with E-state index in [1.807, 2.05) is 10.6 Å². The van der Waals surface area contributed by atoms with Gasteiger partial charge >= 0.3 is 0 Å². The van der Waals surface area contributed by atoms with E-state index in [0.29, 0.717) is 6.54 Å². The molecule has 0 saturated heterocycles. The number of hydrogen-bond donors (Lipinski definition) is 2. The van der Waals surface area contributed by atoms with Crippen LogP contribution in [-0.4, -0.2) is 17.7 Å². The summed E-state index contributed by atoms with van der Waals surface area (Å²) in [7, 11) is 0. The van der Waals surface area contributed by atoms with Crippen molar-refractivity contribution in [3.8, 4) is 0 Å². The number of nitrogens with one attached hydrogen (secondary N) is 1. The van der Waals surface area contributed by atoms with Gasteiger partial charge in [-0.25, -0.2) is 0 Å². The molecule has 3 N–H and O–H groups in total. The van der Waals surface area contributed by atoms with Gasteiger partial charge in [0.15, 0.2) is 0 Å². The maximum atomic E-state index is 11.7. The lowest BCUT2D eigenvalue weighted by molar-refractivity contribution is 0.634. The number of hydrogen-bond acceptors (Lipinski definition) is 3. The normalized spacial score (nSPS) is 15.1. The highest BCUT2D eigenvalue weighted by molar-refractivity contribution is 5.45. The monoisotopic (exact) mass is 221 g/mol. The lowest BCUT2D eigenvalue weighted by Crippen LogP contribution is -2.22. The van der Waals surface area contributed by atoms with Gasteiger partial charge in [0.05, 0.1) is 0 Å². The van der Waals surface area contributed by atoms with Crippen molar-refractivity contribution in [2.45, 2.75) is 32.2 Å². The summed E-state index contributed by atoms with van der Waals surface area (Å²) in [5.41, 5.74) is 6.84. The standard InChI is InChI=1S/C12H19N3O/c13-7-3-4-10-5-6-11(16)15-9-2-1-8-14-12(10)15/h5-6,14H,1-4,7-9,13H2. The molecule has 0 aliphatic carbocycles. The molecule has 0 radical (unpaired) electrons. The second-order valence-electron chi connectivity index (χ2n) is 4.22. The summed E-state index contributed by atoms with van der Waals surface area (Å²) >= 11 is 0. The summed E-state index contributed by atoms with van der Waals surface area (Å²) in [6, 6.07) is 3.60. The van der Waals surface area contributed by atoms with Crippen molar-refractivity contribution < 1.29 is 0 Å². The summed E-state index contributed by atoms with van der Waals surface area (Å²) in [4.78, 5) is 11.7. The van der Waals surface area contributed by atoms with Crippen LogP contribution in [0.1, 0.15) is 24.8 Å². The zero-order valence-electron chi connectivity index (χ0n) is 9.54. The molecule has 4 nitrogen and oxygen atoms in total. The maximum Gasteiger partial charge on any atom is 0.252 e. The fraction of sp³-hybridized carbons (Fsp3) is 0.583. The first-order chi connectivity index (χ1) is 7.83. The molecule has 2 heterocycles. The Balaban J connectivity index is 2.35. The number of anilines is 1. The number of aryl methyl sites for hydroxylation is 1. The van der Waals surface area contributed by atoms with Gasteiger partial charge in [0.2, 0.25) is 0 Å². The van der Waals surface area contributed by atoms with E-state index in [1.54, 1.807) is 6.07 Å². The van der Waals surface area contributed by atoms with Gasteiger partial charge in [-0.1, -0.05) is 0 Å². The molecule has 0 bridgehead atoms. The van der Waals surface area contributed by atoms with Crippen molar-refractivity contribution in [3.05, 3.63) is 28.0 Å². The highest BCUT2D eigenvalue weighted by Crippen LogP contribution is 2.18. The zero-order chi connectivity index (χ0) is 11.4. The van der Waals surface area contributed by atoms with Crippen molar-refractivity contribution in [2.24, 2.45) is 5.73 Å². The molecule has 1 aromatic heterocycles. The average molecular weight is 221 g/mol. The first kappa shape index (κ1) is 11.2. The van der Waals surface area contributed by atoms with Crippen molar-refractivity contribution in [1.29, 1.82) is 0 Å². The van der Waals surface area contributed by atoms with Crippen LogP contribution in [-0.2, 0) is 13.0 Å². The minimum atomic E-state index is 0.0981. The van der Waals surface area contributed by atoms with E-state index in [4.69, 9.17) is 5.73 Å². The number of nitrogens with two attached hydrogens (primary N) is 1. The predicted octanol–water partition coefficient (Wildman–Crippen LogP) is 0.945. The third-order valence-electron chi connectivity index (χ3n) is 3.02. The van der Waals surface area contributed by atoms with Crippen LogP contribution in [0.3, 0.4) is 0 Å². The summed E-state index contributed by atoms with van der Waals surface area (Å²) in [6.07, 6.45) is 4.10. The van der Waals surface area contributed by atoms with Crippen LogP contribution in [0.2, 0.25) is 0 Å². The second kappa shape index (κ2) is 5.16. The van der Waals surface area contributed by atoms with E-state index in [2.05, 4.69) is 5.32 Å². The van der Waals surface area contributed by atoms with E-state index in [1.165, 1.54) is 5.56 Å². The van der Waals surface area contributed by atoms with Gasteiger partial charge in [-0.15, -0.1) is 0 Å². The van der Waals surface area contributed by atoms with Gasteiger partial charge in [0.1, 0.15) is 5.82 Å². The molecule has 0 spiro atoms. The van der Waals surface area contributed by atoms with Crippen molar-refractivity contribution in [3.63, 3.8) is 0 Å². The Kier molecular flexibility index (Phi) is 3.62. The first-order valence-electron chi connectivity index (χ1n) is 5.99. The Labute approximate surface area is 95.5 Å². The van der Waals surface area contributed by atoms with Crippen LogP contribution in [0.4, 0.5) is 5.82 Å². The van der Waals surface area contributed by atoms with E-state index in [9.17, 15) is 4.79 Å². The fourth-order valence-corrected chi connectivity index (χ4v) is 2.15. The molecule has 2 rings (SSSR count). The van der Waals surface area contributed by atoms with Crippen molar-refractivity contribution in [2.75, 3.05) is 18.4 Å². The van der Waals surface area contributed by atoms with E-state index in [0.717, 1.165) is 44.6 Å². The minimum Gasteiger partial charge on any atom is -0.371 e. The zero-order valence-corrected chi connectivity index (χ0v) is 9.54. The number of nitrogens with zero attached hydrogens (tertiary/aromatic N) is 1. The van der Waals surface area contributed by atoms with Crippen LogP contribution in [0.5, 0.6) is 0 Å².